The second-order valence-electron chi connectivity index (χ2n) is 4.79. The van der Waals surface area contributed by atoms with Crippen molar-refractivity contribution in [3.8, 4) is 0 Å². The molecule has 0 radical (unpaired) electrons. The van der Waals surface area contributed by atoms with Crippen molar-refractivity contribution in [2.24, 2.45) is 5.92 Å². The maximum Gasteiger partial charge on any atom is 0.126 e. The lowest BCUT2D eigenvalue weighted by Crippen LogP contribution is -2.30. The molecule has 1 aromatic rings. The highest BCUT2D eigenvalue weighted by Crippen LogP contribution is 2.40. The second kappa shape index (κ2) is 4.13. The second-order valence-corrected chi connectivity index (χ2v) is 4.79. The zero-order valence-corrected chi connectivity index (χ0v) is 9.34. The summed E-state index contributed by atoms with van der Waals surface area (Å²) in [5.41, 5.74) is -0.781. The highest BCUT2D eigenvalue weighted by Gasteiger charge is 2.35. The molecular weight excluding hydrogens is 210 g/mol. The van der Waals surface area contributed by atoms with Crippen LogP contribution in [0.3, 0.4) is 0 Å². The number of benzene rings is 1. The number of rotatable bonds is 2. The molecule has 1 nitrogen and oxygen atoms in total. The van der Waals surface area contributed by atoms with Gasteiger partial charge in [-0.1, -0.05) is 12.8 Å². The van der Waals surface area contributed by atoms with E-state index in [-0.39, 0.29) is 5.92 Å². The van der Waals surface area contributed by atoms with Crippen LogP contribution >= 0.6 is 0 Å². The van der Waals surface area contributed by atoms with Crippen LogP contribution in [0.4, 0.5) is 8.78 Å². The minimum Gasteiger partial charge on any atom is -0.385 e. The van der Waals surface area contributed by atoms with Crippen molar-refractivity contribution >= 4 is 0 Å². The van der Waals surface area contributed by atoms with Gasteiger partial charge in [0.05, 0.1) is 5.60 Å². The highest BCUT2D eigenvalue weighted by atomic mass is 19.1. The number of halogens is 2. The first-order valence-corrected chi connectivity index (χ1v) is 5.69. The summed E-state index contributed by atoms with van der Waals surface area (Å²) in [7, 11) is 0. The Labute approximate surface area is 94.1 Å². The minimum absolute atomic E-state index is 0.105. The summed E-state index contributed by atoms with van der Waals surface area (Å²) >= 11 is 0. The Morgan fingerprint density at radius 2 is 1.62 bits per heavy atom. The van der Waals surface area contributed by atoms with Crippen molar-refractivity contribution < 1.29 is 13.9 Å². The van der Waals surface area contributed by atoms with Crippen molar-refractivity contribution in [3.63, 3.8) is 0 Å². The summed E-state index contributed by atoms with van der Waals surface area (Å²) in [6.07, 6.45) is 4.01. The normalized spacial score (nSPS) is 21.0. The molecule has 1 saturated carbocycles. The zero-order valence-electron chi connectivity index (χ0n) is 9.34. The summed E-state index contributed by atoms with van der Waals surface area (Å²) in [6.45, 7) is 1.65. The predicted molar refractivity (Wildman–Crippen MR) is 57.9 cm³/mol. The van der Waals surface area contributed by atoms with E-state index in [9.17, 15) is 13.9 Å². The third-order valence-corrected chi connectivity index (χ3v) is 3.60. The van der Waals surface area contributed by atoms with E-state index in [1.54, 1.807) is 6.92 Å². The van der Waals surface area contributed by atoms with Gasteiger partial charge in [0.2, 0.25) is 0 Å². The quantitative estimate of drug-likeness (QED) is 0.819. The number of aliphatic hydroxyl groups is 1. The average Bonchev–Trinajstić information content (AvgIpc) is 2.69. The summed E-state index contributed by atoms with van der Waals surface area (Å²) in [5, 5.41) is 10.4. The molecule has 1 N–H and O–H groups in total. The molecule has 16 heavy (non-hydrogen) atoms. The Morgan fingerprint density at radius 3 is 2.12 bits per heavy atom. The number of hydrogen-bond donors (Lipinski definition) is 1. The maximum atomic E-state index is 13.1. The van der Waals surface area contributed by atoms with E-state index in [1.165, 1.54) is 12.1 Å². The smallest absolute Gasteiger partial charge is 0.126 e. The van der Waals surface area contributed by atoms with E-state index in [0.717, 1.165) is 31.7 Å². The van der Waals surface area contributed by atoms with Crippen molar-refractivity contribution in [1.82, 2.24) is 0 Å². The third-order valence-electron chi connectivity index (χ3n) is 3.60. The van der Waals surface area contributed by atoms with Crippen molar-refractivity contribution in [2.75, 3.05) is 0 Å². The Kier molecular flexibility index (Phi) is 2.98. The molecule has 2 rings (SSSR count). The molecule has 1 aliphatic carbocycles. The van der Waals surface area contributed by atoms with E-state index in [0.29, 0.717) is 5.56 Å². The highest BCUT2D eigenvalue weighted by molar-refractivity contribution is 5.24. The largest absolute Gasteiger partial charge is 0.385 e. The van der Waals surface area contributed by atoms with E-state index >= 15 is 0 Å². The first-order valence-electron chi connectivity index (χ1n) is 5.69. The Morgan fingerprint density at radius 1 is 1.12 bits per heavy atom. The molecule has 3 heteroatoms. The Balaban J connectivity index is 2.33. The van der Waals surface area contributed by atoms with Crippen LogP contribution in [0.15, 0.2) is 18.2 Å². The summed E-state index contributed by atoms with van der Waals surface area (Å²) in [6, 6.07) is 3.27. The van der Waals surface area contributed by atoms with Gasteiger partial charge in [0.15, 0.2) is 0 Å². The lowest BCUT2D eigenvalue weighted by Gasteiger charge is -2.30. The van der Waals surface area contributed by atoms with Crippen LogP contribution in [0.25, 0.3) is 0 Å². The van der Waals surface area contributed by atoms with Gasteiger partial charge in [0.25, 0.3) is 0 Å². The van der Waals surface area contributed by atoms with E-state index in [1.807, 2.05) is 0 Å². The van der Waals surface area contributed by atoms with Gasteiger partial charge in [-0.25, -0.2) is 8.78 Å². The van der Waals surface area contributed by atoms with Gasteiger partial charge in [0, 0.05) is 6.07 Å². The Bertz CT molecular complexity index is 361. The molecule has 0 aliphatic heterocycles. The van der Waals surface area contributed by atoms with Crippen LogP contribution in [-0.2, 0) is 5.60 Å². The molecule has 0 saturated heterocycles. The molecule has 0 heterocycles. The lowest BCUT2D eigenvalue weighted by molar-refractivity contribution is -0.00385. The average molecular weight is 226 g/mol. The maximum absolute atomic E-state index is 13.1. The van der Waals surface area contributed by atoms with Crippen molar-refractivity contribution in [1.29, 1.82) is 0 Å². The molecule has 1 aliphatic rings. The van der Waals surface area contributed by atoms with Crippen LogP contribution in [0.2, 0.25) is 0 Å². The summed E-state index contributed by atoms with van der Waals surface area (Å²) in [4.78, 5) is 0. The molecule has 0 bridgehead atoms. The molecule has 88 valence electrons. The van der Waals surface area contributed by atoms with Crippen LogP contribution in [0, 0.1) is 17.6 Å². The van der Waals surface area contributed by atoms with Gasteiger partial charge in [-0.2, -0.15) is 0 Å². The minimum atomic E-state index is -1.13. The zero-order chi connectivity index (χ0) is 11.8. The fraction of sp³-hybridized carbons (Fsp3) is 0.538. The topological polar surface area (TPSA) is 20.2 Å². The van der Waals surface area contributed by atoms with Gasteiger partial charge >= 0.3 is 0 Å². The molecule has 0 unspecified atom stereocenters. The van der Waals surface area contributed by atoms with Crippen LogP contribution in [0.1, 0.15) is 38.2 Å². The van der Waals surface area contributed by atoms with Gasteiger partial charge < -0.3 is 5.11 Å². The summed E-state index contributed by atoms with van der Waals surface area (Å²) in [5.74, 6) is -1.16. The predicted octanol–water partition coefficient (Wildman–Crippen LogP) is 3.36. The molecule has 1 aromatic carbocycles. The third kappa shape index (κ3) is 2.09. The Hall–Kier alpha value is -0.960. The van der Waals surface area contributed by atoms with Gasteiger partial charge in [0.1, 0.15) is 11.6 Å². The molecule has 1 atom stereocenters. The number of hydrogen-bond acceptors (Lipinski definition) is 1. The van der Waals surface area contributed by atoms with E-state index in [2.05, 4.69) is 0 Å². The van der Waals surface area contributed by atoms with Crippen LogP contribution in [0.5, 0.6) is 0 Å². The molecular formula is C13H16F2O. The van der Waals surface area contributed by atoms with Crippen molar-refractivity contribution in [2.45, 2.75) is 38.2 Å². The van der Waals surface area contributed by atoms with Gasteiger partial charge in [-0.15, -0.1) is 0 Å². The van der Waals surface area contributed by atoms with Crippen molar-refractivity contribution in [3.05, 3.63) is 35.4 Å². The first kappa shape index (κ1) is 11.5. The standard InChI is InChI=1S/C13H16F2O/c1-13(16,9-4-2-3-5-9)10-6-11(14)8-12(15)7-10/h6-9,16H,2-5H2,1H3/t13-/m0/s1. The summed E-state index contributed by atoms with van der Waals surface area (Å²) < 4.78 is 26.2. The van der Waals surface area contributed by atoms with Gasteiger partial charge in [-0.3, -0.25) is 0 Å². The SMILES string of the molecule is C[C@@](O)(c1cc(F)cc(F)c1)C1CCCC1. The van der Waals surface area contributed by atoms with E-state index in [4.69, 9.17) is 0 Å². The fourth-order valence-electron chi connectivity index (χ4n) is 2.57. The van der Waals surface area contributed by atoms with Crippen LogP contribution < -0.4 is 0 Å². The molecule has 0 aromatic heterocycles. The molecule has 0 spiro atoms. The fourth-order valence-corrected chi connectivity index (χ4v) is 2.57. The lowest BCUT2D eigenvalue weighted by atomic mass is 9.82. The molecule has 1 fully saturated rings. The monoisotopic (exact) mass is 226 g/mol. The van der Waals surface area contributed by atoms with Gasteiger partial charge in [-0.05, 0) is 43.4 Å². The van der Waals surface area contributed by atoms with Crippen LogP contribution in [-0.4, -0.2) is 5.11 Å². The molecule has 0 amide bonds. The first-order chi connectivity index (χ1) is 7.50. The van der Waals surface area contributed by atoms with E-state index < -0.39 is 17.2 Å².